The number of alkyl halides is 1. The molecule has 0 unspecified atom stereocenters. The Balaban J connectivity index is 3.08. The lowest BCUT2D eigenvalue weighted by molar-refractivity contribution is -0.135. The van der Waals surface area contributed by atoms with Crippen LogP contribution in [-0.4, -0.2) is 25.2 Å². The number of carbonyl (C=O) groups excluding carboxylic acids is 2. The van der Waals surface area contributed by atoms with Crippen molar-refractivity contribution < 1.29 is 27.8 Å². The van der Waals surface area contributed by atoms with Crippen LogP contribution in [0.2, 0.25) is 0 Å². The summed E-state index contributed by atoms with van der Waals surface area (Å²) in [5.74, 6) is -3.67. The molecule has 4 nitrogen and oxygen atoms in total. The predicted octanol–water partition coefficient (Wildman–Crippen LogP) is 1.88. The Kier molecular flexibility index (Phi) is 4.56. The zero-order chi connectivity index (χ0) is 12.8. The monoisotopic (exact) mass is 244 g/mol. The highest BCUT2D eigenvalue weighted by molar-refractivity contribution is 5.93. The average Bonchev–Trinajstić information content (AvgIpc) is 2.31. The predicted molar refractivity (Wildman–Crippen MR) is 54.0 cm³/mol. The molecule has 0 fully saturated rings. The molecule has 1 rings (SSSR count). The summed E-state index contributed by atoms with van der Waals surface area (Å²) in [5, 5.41) is 0. The van der Waals surface area contributed by atoms with E-state index in [2.05, 4.69) is 9.47 Å². The number of hydrogen-bond donors (Lipinski definition) is 0. The molecule has 0 radical (unpaired) electrons. The molecule has 0 heterocycles. The van der Waals surface area contributed by atoms with Crippen LogP contribution in [0.5, 0.6) is 5.75 Å². The van der Waals surface area contributed by atoms with Gasteiger partial charge in [0.1, 0.15) is 5.56 Å². The average molecular weight is 244 g/mol. The zero-order valence-corrected chi connectivity index (χ0v) is 9.04. The molecule has 0 aliphatic heterocycles. The topological polar surface area (TPSA) is 52.6 Å². The van der Waals surface area contributed by atoms with Gasteiger partial charge < -0.3 is 9.47 Å². The molecule has 0 amide bonds. The molecule has 0 saturated carbocycles. The highest BCUT2D eigenvalue weighted by atomic mass is 19.1. The van der Waals surface area contributed by atoms with Crippen LogP contribution in [0.3, 0.4) is 0 Å². The maximum atomic E-state index is 13.3. The number of para-hydroxylation sites is 1. The smallest absolute Gasteiger partial charge is 0.343 e. The van der Waals surface area contributed by atoms with Gasteiger partial charge in [-0.1, -0.05) is 6.07 Å². The van der Waals surface area contributed by atoms with Crippen LogP contribution < -0.4 is 4.74 Å². The van der Waals surface area contributed by atoms with Gasteiger partial charge in [-0.15, -0.1) is 0 Å². The van der Waals surface area contributed by atoms with E-state index < -0.39 is 30.2 Å². The van der Waals surface area contributed by atoms with Gasteiger partial charge in [0.05, 0.1) is 6.61 Å². The summed E-state index contributed by atoms with van der Waals surface area (Å²) >= 11 is 0. The molecule has 1 aromatic rings. The molecule has 0 bridgehead atoms. The lowest BCUT2D eigenvalue weighted by atomic mass is 10.2. The normalized spacial score (nSPS) is 9.82. The molecule has 6 heteroatoms. The number of hydrogen-bond acceptors (Lipinski definition) is 4. The van der Waals surface area contributed by atoms with Gasteiger partial charge in [0, 0.05) is 0 Å². The van der Waals surface area contributed by atoms with E-state index in [0.717, 1.165) is 6.07 Å². The third-order valence-electron chi connectivity index (χ3n) is 1.79. The van der Waals surface area contributed by atoms with E-state index >= 15 is 0 Å². The summed E-state index contributed by atoms with van der Waals surface area (Å²) in [4.78, 5) is 22.2. The van der Waals surface area contributed by atoms with Crippen LogP contribution in [0.1, 0.15) is 17.3 Å². The van der Waals surface area contributed by atoms with E-state index in [1.165, 1.54) is 12.1 Å². The van der Waals surface area contributed by atoms with Crippen molar-refractivity contribution >= 4 is 11.9 Å². The second kappa shape index (κ2) is 5.93. The molecule has 0 saturated heterocycles. The molecular formula is C11H10F2O4. The van der Waals surface area contributed by atoms with Gasteiger partial charge in [0.2, 0.25) is 0 Å². The zero-order valence-electron chi connectivity index (χ0n) is 9.04. The second-order valence-corrected chi connectivity index (χ2v) is 2.94. The van der Waals surface area contributed by atoms with E-state index in [1.807, 2.05) is 0 Å². The molecule has 0 atom stereocenters. The van der Waals surface area contributed by atoms with Gasteiger partial charge in [-0.3, -0.25) is 0 Å². The van der Waals surface area contributed by atoms with E-state index in [9.17, 15) is 18.4 Å². The van der Waals surface area contributed by atoms with Crippen LogP contribution in [0.25, 0.3) is 0 Å². The lowest BCUT2D eigenvalue weighted by Crippen LogP contribution is -2.15. The third kappa shape index (κ3) is 3.24. The number of benzene rings is 1. The van der Waals surface area contributed by atoms with Gasteiger partial charge >= 0.3 is 11.9 Å². The van der Waals surface area contributed by atoms with Crippen LogP contribution in [0, 0.1) is 5.82 Å². The van der Waals surface area contributed by atoms with E-state index in [-0.39, 0.29) is 12.2 Å². The Morgan fingerprint density at radius 3 is 2.65 bits per heavy atom. The van der Waals surface area contributed by atoms with Gasteiger partial charge in [0.25, 0.3) is 0 Å². The molecular weight excluding hydrogens is 234 g/mol. The first kappa shape index (κ1) is 13.1. The highest BCUT2D eigenvalue weighted by Crippen LogP contribution is 2.23. The summed E-state index contributed by atoms with van der Waals surface area (Å²) in [6.45, 7) is 0.257. The quantitative estimate of drug-likeness (QED) is 0.599. The van der Waals surface area contributed by atoms with Crippen LogP contribution in [0.15, 0.2) is 18.2 Å². The Labute approximate surface area is 96.1 Å². The largest absolute Gasteiger partial charge is 0.462 e. The summed E-state index contributed by atoms with van der Waals surface area (Å²) < 4.78 is 34.4. The molecule has 17 heavy (non-hydrogen) atoms. The molecule has 0 aliphatic carbocycles. The fourth-order valence-electron chi connectivity index (χ4n) is 1.12. The van der Waals surface area contributed by atoms with Crippen molar-refractivity contribution in [1.29, 1.82) is 0 Å². The summed E-state index contributed by atoms with van der Waals surface area (Å²) in [6.07, 6.45) is 0. The first-order valence-electron chi connectivity index (χ1n) is 4.82. The molecule has 0 aromatic heterocycles. The number of carbonyl (C=O) groups is 2. The van der Waals surface area contributed by atoms with Crippen molar-refractivity contribution in [3.63, 3.8) is 0 Å². The minimum Gasteiger partial charge on any atom is -0.462 e. The van der Waals surface area contributed by atoms with Gasteiger partial charge in [-0.2, -0.15) is 0 Å². The fraction of sp³-hybridized carbons (Fsp3) is 0.273. The third-order valence-corrected chi connectivity index (χ3v) is 1.79. The SMILES string of the molecule is CCOC(=O)c1cccc(F)c1OC(=O)CF. The summed E-state index contributed by atoms with van der Waals surface area (Å²) in [5.41, 5.74) is -0.256. The van der Waals surface area contributed by atoms with Crippen molar-refractivity contribution in [2.45, 2.75) is 6.92 Å². The van der Waals surface area contributed by atoms with Crippen molar-refractivity contribution in [2.24, 2.45) is 0 Å². The molecule has 0 spiro atoms. The van der Waals surface area contributed by atoms with Crippen LogP contribution in [-0.2, 0) is 9.53 Å². The van der Waals surface area contributed by atoms with Crippen LogP contribution in [0.4, 0.5) is 8.78 Å². The number of halogens is 2. The first-order chi connectivity index (χ1) is 8.10. The Hall–Kier alpha value is -1.98. The van der Waals surface area contributed by atoms with Gasteiger partial charge in [-0.05, 0) is 19.1 Å². The fourth-order valence-corrected chi connectivity index (χ4v) is 1.12. The number of ether oxygens (including phenoxy) is 2. The Bertz CT molecular complexity index is 431. The first-order valence-corrected chi connectivity index (χ1v) is 4.82. The van der Waals surface area contributed by atoms with E-state index in [4.69, 9.17) is 0 Å². The summed E-state index contributed by atoms with van der Waals surface area (Å²) in [6, 6.07) is 3.47. The van der Waals surface area contributed by atoms with Gasteiger partial charge in [-0.25, -0.2) is 18.4 Å². The van der Waals surface area contributed by atoms with Crippen molar-refractivity contribution in [3.8, 4) is 5.75 Å². The number of esters is 2. The van der Waals surface area contributed by atoms with E-state index in [0.29, 0.717) is 0 Å². The maximum absolute atomic E-state index is 13.3. The van der Waals surface area contributed by atoms with Crippen LogP contribution >= 0.6 is 0 Å². The minimum atomic E-state index is -1.41. The molecule has 0 aliphatic rings. The molecule has 0 N–H and O–H groups in total. The van der Waals surface area contributed by atoms with Gasteiger partial charge in [0.15, 0.2) is 18.2 Å². The highest BCUT2D eigenvalue weighted by Gasteiger charge is 2.20. The molecule has 1 aromatic carbocycles. The van der Waals surface area contributed by atoms with Crippen molar-refractivity contribution in [2.75, 3.05) is 13.3 Å². The van der Waals surface area contributed by atoms with Crippen molar-refractivity contribution in [3.05, 3.63) is 29.6 Å². The second-order valence-electron chi connectivity index (χ2n) is 2.94. The minimum absolute atomic E-state index is 0.0891. The van der Waals surface area contributed by atoms with E-state index in [1.54, 1.807) is 6.92 Å². The Morgan fingerprint density at radius 2 is 2.06 bits per heavy atom. The Morgan fingerprint density at radius 1 is 1.35 bits per heavy atom. The molecule has 92 valence electrons. The number of rotatable bonds is 4. The lowest BCUT2D eigenvalue weighted by Gasteiger charge is -2.08. The standard InChI is InChI=1S/C11H10F2O4/c1-2-16-11(15)7-4-3-5-8(13)10(7)17-9(14)6-12/h3-5H,2,6H2,1H3. The van der Waals surface area contributed by atoms with Crippen molar-refractivity contribution in [1.82, 2.24) is 0 Å². The maximum Gasteiger partial charge on any atom is 0.343 e. The summed E-state index contributed by atoms with van der Waals surface area (Å²) in [7, 11) is 0.